The maximum Gasteiger partial charge on any atom is 0.230 e. The number of nitrogens with zero attached hydrogens (tertiary/aromatic N) is 2. The van der Waals surface area contributed by atoms with Gasteiger partial charge in [-0.25, -0.2) is 4.98 Å². The number of pyridine rings is 1. The molecule has 1 heterocycles. The molecule has 5 heteroatoms. The quantitative estimate of drug-likeness (QED) is 0.873. The van der Waals surface area contributed by atoms with Gasteiger partial charge in [-0.05, 0) is 31.4 Å². The SMILES string of the molecule is Cc1cccc2cc(C#N)c(SCC(=O)NC3CCCC3)nc12. The smallest absolute Gasteiger partial charge is 0.230 e. The molecule has 0 atom stereocenters. The largest absolute Gasteiger partial charge is 0.353 e. The van der Waals surface area contributed by atoms with Gasteiger partial charge in [0.2, 0.25) is 5.91 Å². The minimum absolute atomic E-state index is 0.0254. The van der Waals surface area contributed by atoms with Crippen molar-refractivity contribution in [3.05, 3.63) is 35.4 Å². The van der Waals surface area contributed by atoms with Gasteiger partial charge in [0.25, 0.3) is 0 Å². The van der Waals surface area contributed by atoms with Crippen LogP contribution in [0, 0.1) is 18.3 Å². The summed E-state index contributed by atoms with van der Waals surface area (Å²) in [7, 11) is 0. The van der Waals surface area contributed by atoms with Crippen molar-refractivity contribution in [2.75, 3.05) is 5.75 Å². The molecule has 1 aromatic carbocycles. The molecule has 0 saturated heterocycles. The molecule has 0 spiro atoms. The summed E-state index contributed by atoms with van der Waals surface area (Å²) < 4.78 is 0. The molecular weight excluding hydrogens is 306 g/mol. The van der Waals surface area contributed by atoms with Gasteiger partial charge in [0.1, 0.15) is 11.1 Å². The van der Waals surface area contributed by atoms with Crippen molar-refractivity contribution in [3.8, 4) is 6.07 Å². The fourth-order valence-electron chi connectivity index (χ4n) is 2.99. The van der Waals surface area contributed by atoms with E-state index in [-0.39, 0.29) is 5.91 Å². The normalized spacial score (nSPS) is 14.8. The van der Waals surface area contributed by atoms with Crippen molar-refractivity contribution in [2.45, 2.75) is 43.7 Å². The number of thioether (sulfide) groups is 1. The number of benzene rings is 1. The third-order valence-corrected chi connectivity index (χ3v) is 5.18. The highest BCUT2D eigenvalue weighted by Gasteiger charge is 2.18. The molecule has 23 heavy (non-hydrogen) atoms. The molecule has 1 aliphatic carbocycles. The van der Waals surface area contributed by atoms with Gasteiger partial charge in [0.05, 0.1) is 16.8 Å². The van der Waals surface area contributed by atoms with Gasteiger partial charge in [0.15, 0.2) is 0 Å². The second kappa shape index (κ2) is 7.01. The summed E-state index contributed by atoms with van der Waals surface area (Å²) in [6.07, 6.45) is 4.55. The summed E-state index contributed by atoms with van der Waals surface area (Å²) in [6, 6.07) is 10.3. The summed E-state index contributed by atoms with van der Waals surface area (Å²) >= 11 is 1.34. The van der Waals surface area contributed by atoms with Crippen LogP contribution in [0.5, 0.6) is 0 Å². The number of rotatable bonds is 4. The summed E-state index contributed by atoms with van der Waals surface area (Å²) in [4.78, 5) is 16.7. The molecule has 1 saturated carbocycles. The Morgan fingerprint density at radius 3 is 2.96 bits per heavy atom. The van der Waals surface area contributed by atoms with Crippen LogP contribution < -0.4 is 5.32 Å². The van der Waals surface area contributed by atoms with Crippen molar-refractivity contribution >= 4 is 28.6 Å². The number of para-hydroxylation sites is 1. The van der Waals surface area contributed by atoms with Gasteiger partial charge in [-0.2, -0.15) is 5.26 Å². The summed E-state index contributed by atoms with van der Waals surface area (Å²) in [5.74, 6) is 0.327. The fraction of sp³-hybridized carbons (Fsp3) is 0.389. The Balaban J connectivity index is 1.75. The predicted molar refractivity (Wildman–Crippen MR) is 92.3 cm³/mol. The molecule has 1 amide bonds. The van der Waals surface area contributed by atoms with E-state index in [1.54, 1.807) is 0 Å². The Labute approximate surface area is 140 Å². The average Bonchev–Trinajstić information content (AvgIpc) is 3.05. The van der Waals surface area contributed by atoms with E-state index in [1.165, 1.54) is 24.6 Å². The number of nitrogens with one attached hydrogen (secondary N) is 1. The Hall–Kier alpha value is -2.06. The van der Waals surface area contributed by atoms with Gasteiger partial charge >= 0.3 is 0 Å². The topological polar surface area (TPSA) is 65.8 Å². The first kappa shape index (κ1) is 15.8. The van der Waals surface area contributed by atoms with E-state index >= 15 is 0 Å². The lowest BCUT2D eigenvalue weighted by molar-refractivity contribution is -0.119. The van der Waals surface area contributed by atoms with E-state index in [1.807, 2.05) is 31.2 Å². The molecule has 2 aromatic rings. The first-order chi connectivity index (χ1) is 11.2. The van der Waals surface area contributed by atoms with Crippen LogP contribution in [0.2, 0.25) is 0 Å². The minimum atomic E-state index is 0.0254. The minimum Gasteiger partial charge on any atom is -0.353 e. The molecular formula is C18H19N3OS. The van der Waals surface area contributed by atoms with E-state index < -0.39 is 0 Å². The summed E-state index contributed by atoms with van der Waals surface area (Å²) in [5, 5.41) is 14.0. The zero-order valence-electron chi connectivity index (χ0n) is 13.1. The Morgan fingerprint density at radius 1 is 1.43 bits per heavy atom. The molecule has 0 aliphatic heterocycles. The monoisotopic (exact) mass is 325 g/mol. The van der Waals surface area contributed by atoms with Crippen molar-refractivity contribution in [1.29, 1.82) is 5.26 Å². The van der Waals surface area contributed by atoms with Crippen molar-refractivity contribution in [3.63, 3.8) is 0 Å². The molecule has 0 radical (unpaired) electrons. The Bertz CT molecular complexity index is 776. The lowest BCUT2D eigenvalue weighted by Gasteiger charge is -2.12. The molecule has 1 N–H and O–H groups in total. The highest BCUT2D eigenvalue weighted by molar-refractivity contribution is 8.00. The standard InChI is InChI=1S/C18H19N3OS/c1-12-5-4-6-13-9-14(10-19)18(21-17(12)13)23-11-16(22)20-15-7-2-3-8-15/h4-6,9,15H,2-3,7-8,11H2,1H3,(H,20,22). The lowest BCUT2D eigenvalue weighted by atomic mass is 10.1. The highest BCUT2D eigenvalue weighted by atomic mass is 32.2. The number of hydrogen-bond acceptors (Lipinski definition) is 4. The number of aromatic nitrogens is 1. The van der Waals surface area contributed by atoms with Gasteiger partial charge < -0.3 is 5.32 Å². The van der Waals surface area contributed by atoms with E-state index in [2.05, 4.69) is 16.4 Å². The van der Waals surface area contributed by atoms with Gasteiger partial charge in [0, 0.05) is 11.4 Å². The zero-order valence-corrected chi connectivity index (χ0v) is 13.9. The van der Waals surface area contributed by atoms with E-state index in [0.29, 0.717) is 22.4 Å². The predicted octanol–water partition coefficient (Wildman–Crippen LogP) is 3.57. The van der Waals surface area contributed by atoms with Crippen LogP contribution >= 0.6 is 11.8 Å². The number of hydrogen-bond donors (Lipinski definition) is 1. The maximum absolute atomic E-state index is 12.1. The van der Waals surface area contributed by atoms with Crippen LogP contribution in [0.1, 0.15) is 36.8 Å². The summed E-state index contributed by atoms with van der Waals surface area (Å²) in [5.41, 5.74) is 2.50. The highest BCUT2D eigenvalue weighted by Crippen LogP contribution is 2.26. The van der Waals surface area contributed by atoms with Crippen LogP contribution in [0.4, 0.5) is 0 Å². The van der Waals surface area contributed by atoms with Crippen LogP contribution in [0.15, 0.2) is 29.3 Å². The maximum atomic E-state index is 12.1. The second-order valence-corrected chi connectivity index (χ2v) is 6.90. The number of carbonyl (C=O) groups is 1. The molecule has 1 aliphatic rings. The van der Waals surface area contributed by atoms with Gasteiger partial charge in [-0.1, -0.05) is 42.8 Å². The lowest BCUT2D eigenvalue weighted by Crippen LogP contribution is -2.33. The number of amides is 1. The molecule has 3 rings (SSSR count). The van der Waals surface area contributed by atoms with Crippen molar-refractivity contribution in [2.24, 2.45) is 0 Å². The first-order valence-electron chi connectivity index (χ1n) is 7.90. The van der Waals surface area contributed by atoms with Crippen LogP contribution in [0.3, 0.4) is 0 Å². The van der Waals surface area contributed by atoms with Crippen LogP contribution in [-0.2, 0) is 4.79 Å². The Morgan fingerprint density at radius 2 is 2.22 bits per heavy atom. The third-order valence-electron chi connectivity index (χ3n) is 4.19. The van der Waals surface area contributed by atoms with Crippen LogP contribution in [-0.4, -0.2) is 22.7 Å². The number of aryl methyl sites for hydroxylation is 1. The molecule has 0 unspecified atom stereocenters. The number of fused-ring (bicyclic) bond motifs is 1. The van der Waals surface area contributed by atoms with Gasteiger partial charge in [-0.15, -0.1) is 0 Å². The van der Waals surface area contributed by atoms with E-state index in [0.717, 1.165) is 29.3 Å². The number of nitriles is 1. The van der Waals surface area contributed by atoms with E-state index in [9.17, 15) is 10.1 Å². The third kappa shape index (κ3) is 3.65. The van der Waals surface area contributed by atoms with Crippen molar-refractivity contribution in [1.82, 2.24) is 10.3 Å². The number of carbonyl (C=O) groups excluding carboxylic acids is 1. The van der Waals surface area contributed by atoms with Crippen molar-refractivity contribution < 1.29 is 4.79 Å². The first-order valence-corrected chi connectivity index (χ1v) is 8.88. The van der Waals surface area contributed by atoms with Crippen LogP contribution in [0.25, 0.3) is 10.9 Å². The molecule has 0 bridgehead atoms. The molecule has 1 aromatic heterocycles. The second-order valence-electron chi connectivity index (χ2n) is 5.94. The summed E-state index contributed by atoms with van der Waals surface area (Å²) in [6.45, 7) is 2.00. The molecule has 4 nitrogen and oxygen atoms in total. The fourth-order valence-corrected chi connectivity index (χ4v) is 3.76. The molecule has 1 fully saturated rings. The molecule has 118 valence electrons. The Kier molecular flexibility index (Phi) is 4.82. The van der Waals surface area contributed by atoms with Gasteiger partial charge in [-0.3, -0.25) is 4.79 Å². The van der Waals surface area contributed by atoms with E-state index in [4.69, 9.17) is 0 Å². The average molecular weight is 325 g/mol. The zero-order chi connectivity index (χ0) is 16.2.